The monoisotopic (exact) mass is 514 g/mol. The lowest BCUT2D eigenvalue weighted by atomic mass is 9.79. The third kappa shape index (κ3) is 4.53. The fraction of sp³-hybridized carbons (Fsp3) is 0.267. The number of fused-ring (bicyclic) bond motifs is 6. The Labute approximate surface area is 218 Å². The zero-order valence-corrected chi connectivity index (χ0v) is 21.3. The molecule has 1 aliphatic rings. The summed E-state index contributed by atoms with van der Waals surface area (Å²) in [6.07, 6.45) is -4.73. The fourth-order valence-corrected chi connectivity index (χ4v) is 5.37. The smallest absolute Gasteiger partial charge is 0.303 e. The molecule has 0 aliphatic heterocycles. The molecule has 0 aromatic heterocycles. The van der Waals surface area contributed by atoms with Gasteiger partial charge in [0.05, 0.1) is 0 Å². The van der Waals surface area contributed by atoms with E-state index in [1.165, 1.54) is 27.7 Å². The molecule has 0 amide bonds. The van der Waals surface area contributed by atoms with E-state index >= 15 is 0 Å². The highest BCUT2D eigenvalue weighted by Gasteiger charge is 2.51. The standard InChI is InChI=1S/C30H26O8/c1-15(31)35-27-23-12-11-21-13-20-10-9-19-7-5-6-8-22(19)24(20)14-25(21)26(23)28(36-16(2)32)30(38-18(4)34)29(27)37-17(3)33/h5-14,27-30H,1-4H3/t27-,28-,29+,30-/m0/s1. The lowest BCUT2D eigenvalue weighted by Gasteiger charge is -2.41. The summed E-state index contributed by atoms with van der Waals surface area (Å²) in [6, 6.07) is 19.8. The quantitative estimate of drug-likeness (QED) is 0.158. The number of carbonyl (C=O) groups excluding carboxylic acids is 4. The van der Waals surface area contributed by atoms with E-state index in [1.807, 2.05) is 48.5 Å². The van der Waals surface area contributed by atoms with E-state index in [0.29, 0.717) is 11.1 Å². The lowest BCUT2D eigenvalue weighted by Crippen LogP contribution is -2.48. The molecule has 8 heteroatoms. The molecule has 0 bridgehead atoms. The van der Waals surface area contributed by atoms with Gasteiger partial charge in [-0.3, -0.25) is 19.2 Å². The van der Waals surface area contributed by atoms with Crippen LogP contribution in [0.2, 0.25) is 0 Å². The molecule has 1 aliphatic carbocycles. The van der Waals surface area contributed by atoms with Crippen LogP contribution in [0.15, 0.2) is 60.7 Å². The summed E-state index contributed by atoms with van der Waals surface area (Å²) in [7, 11) is 0. The van der Waals surface area contributed by atoms with E-state index < -0.39 is 48.3 Å². The molecule has 8 nitrogen and oxygen atoms in total. The largest absolute Gasteiger partial charge is 0.454 e. The van der Waals surface area contributed by atoms with Gasteiger partial charge in [-0.25, -0.2) is 0 Å². The van der Waals surface area contributed by atoms with Crippen molar-refractivity contribution in [1.82, 2.24) is 0 Å². The maximum Gasteiger partial charge on any atom is 0.303 e. The molecule has 4 atom stereocenters. The van der Waals surface area contributed by atoms with E-state index in [2.05, 4.69) is 6.07 Å². The molecule has 0 N–H and O–H groups in total. The first-order valence-electron chi connectivity index (χ1n) is 12.2. The summed E-state index contributed by atoms with van der Waals surface area (Å²) >= 11 is 0. The molecular formula is C30H26O8. The predicted molar refractivity (Wildman–Crippen MR) is 139 cm³/mol. The van der Waals surface area contributed by atoms with E-state index in [9.17, 15) is 19.2 Å². The summed E-state index contributed by atoms with van der Waals surface area (Å²) in [5.41, 5.74) is 1.02. The second-order valence-corrected chi connectivity index (χ2v) is 9.36. The minimum atomic E-state index is -1.26. The summed E-state index contributed by atoms with van der Waals surface area (Å²) in [5, 5.41) is 5.66. The van der Waals surface area contributed by atoms with Crippen LogP contribution in [0.4, 0.5) is 0 Å². The number of carbonyl (C=O) groups is 4. The van der Waals surface area contributed by atoms with Crippen molar-refractivity contribution in [3.8, 4) is 0 Å². The number of hydrogen-bond donors (Lipinski definition) is 0. The molecular weight excluding hydrogens is 488 g/mol. The normalized spacial score (nSPS) is 20.5. The Hall–Kier alpha value is -4.46. The maximum atomic E-state index is 12.3. The number of esters is 4. The Morgan fingerprint density at radius 1 is 0.526 bits per heavy atom. The third-order valence-corrected chi connectivity index (χ3v) is 6.66. The van der Waals surface area contributed by atoms with Crippen molar-refractivity contribution < 1.29 is 38.1 Å². The maximum absolute atomic E-state index is 12.3. The molecule has 5 rings (SSSR count). The van der Waals surface area contributed by atoms with Crippen molar-refractivity contribution in [3.05, 3.63) is 71.8 Å². The minimum absolute atomic E-state index is 0.494. The van der Waals surface area contributed by atoms with Crippen LogP contribution < -0.4 is 0 Å². The van der Waals surface area contributed by atoms with Gasteiger partial charge in [0.15, 0.2) is 24.4 Å². The van der Waals surface area contributed by atoms with Crippen molar-refractivity contribution >= 4 is 56.2 Å². The van der Waals surface area contributed by atoms with Gasteiger partial charge in [-0.1, -0.05) is 48.5 Å². The van der Waals surface area contributed by atoms with Gasteiger partial charge in [0.25, 0.3) is 0 Å². The van der Waals surface area contributed by atoms with Crippen LogP contribution in [0, 0.1) is 0 Å². The van der Waals surface area contributed by atoms with Crippen molar-refractivity contribution in [2.75, 3.05) is 0 Å². The van der Waals surface area contributed by atoms with Gasteiger partial charge >= 0.3 is 23.9 Å². The summed E-state index contributed by atoms with van der Waals surface area (Å²) in [4.78, 5) is 48.8. The molecule has 194 valence electrons. The number of benzene rings is 4. The molecule has 0 unspecified atom stereocenters. The van der Waals surface area contributed by atoms with Gasteiger partial charge in [0, 0.05) is 38.8 Å². The van der Waals surface area contributed by atoms with E-state index in [0.717, 1.165) is 32.3 Å². The Bertz CT molecular complexity index is 1620. The average molecular weight is 515 g/mol. The minimum Gasteiger partial charge on any atom is -0.454 e. The zero-order chi connectivity index (χ0) is 27.1. The molecule has 4 aromatic rings. The second kappa shape index (κ2) is 9.78. The first-order chi connectivity index (χ1) is 18.1. The Balaban J connectivity index is 1.86. The number of rotatable bonds is 4. The highest BCUT2D eigenvalue weighted by Crippen LogP contribution is 2.47. The molecule has 0 saturated carbocycles. The van der Waals surface area contributed by atoms with E-state index in [1.54, 1.807) is 6.07 Å². The predicted octanol–water partition coefficient (Wildman–Crippen LogP) is 5.23. The van der Waals surface area contributed by atoms with Crippen LogP contribution >= 0.6 is 0 Å². The van der Waals surface area contributed by atoms with Gasteiger partial charge in [0.1, 0.15) is 0 Å². The second-order valence-electron chi connectivity index (χ2n) is 9.36. The first kappa shape index (κ1) is 25.2. The van der Waals surface area contributed by atoms with Crippen LogP contribution in [0.5, 0.6) is 0 Å². The topological polar surface area (TPSA) is 105 Å². The Kier molecular flexibility index (Phi) is 6.48. The summed E-state index contributed by atoms with van der Waals surface area (Å²) < 4.78 is 22.6. The van der Waals surface area contributed by atoms with Crippen molar-refractivity contribution in [1.29, 1.82) is 0 Å². The van der Waals surface area contributed by atoms with Gasteiger partial charge in [-0.15, -0.1) is 0 Å². The van der Waals surface area contributed by atoms with Crippen molar-refractivity contribution in [2.24, 2.45) is 0 Å². The highest BCUT2D eigenvalue weighted by molar-refractivity contribution is 6.12. The fourth-order valence-electron chi connectivity index (χ4n) is 5.37. The molecule has 0 saturated heterocycles. The molecule has 0 fully saturated rings. The van der Waals surface area contributed by atoms with Gasteiger partial charge in [-0.05, 0) is 44.5 Å². The molecule has 0 radical (unpaired) electrons. The highest BCUT2D eigenvalue weighted by atomic mass is 16.6. The van der Waals surface area contributed by atoms with Crippen LogP contribution in [-0.4, -0.2) is 36.1 Å². The molecule has 38 heavy (non-hydrogen) atoms. The van der Waals surface area contributed by atoms with Crippen LogP contribution in [0.3, 0.4) is 0 Å². The van der Waals surface area contributed by atoms with Gasteiger partial charge in [-0.2, -0.15) is 0 Å². The van der Waals surface area contributed by atoms with Crippen LogP contribution in [-0.2, 0) is 38.1 Å². The molecule has 4 aromatic carbocycles. The van der Waals surface area contributed by atoms with Crippen LogP contribution in [0.1, 0.15) is 51.0 Å². The first-order valence-corrected chi connectivity index (χ1v) is 12.2. The van der Waals surface area contributed by atoms with Crippen LogP contribution in [0.25, 0.3) is 32.3 Å². The molecule has 0 spiro atoms. The third-order valence-electron chi connectivity index (χ3n) is 6.66. The zero-order valence-electron chi connectivity index (χ0n) is 21.3. The summed E-state index contributed by atoms with van der Waals surface area (Å²) in [5.74, 6) is -2.58. The number of ether oxygens (including phenoxy) is 4. The molecule has 0 heterocycles. The van der Waals surface area contributed by atoms with Gasteiger partial charge < -0.3 is 18.9 Å². The van der Waals surface area contributed by atoms with E-state index in [4.69, 9.17) is 18.9 Å². The Morgan fingerprint density at radius 3 is 1.71 bits per heavy atom. The van der Waals surface area contributed by atoms with Crippen molar-refractivity contribution in [3.63, 3.8) is 0 Å². The SMILES string of the molecule is CC(=O)O[C@@H]1[C@H](OC(C)=O)[C@@H](OC(C)=O)c2ccc3cc4ccc5ccccc5c4cc3c2[C@@H]1OC(C)=O. The van der Waals surface area contributed by atoms with E-state index in [-0.39, 0.29) is 0 Å². The number of hydrogen-bond acceptors (Lipinski definition) is 8. The van der Waals surface area contributed by atoms with Gasteiger partial charge in [0.2, 0.25) is 0 Å². The Morgan fingerprint density at radius 2 is 1.05 bits per heavy atom. The average Bonchev–Trinajstić information content (AvgIpc) is 2.85. The van der Waals surface area contributed by atoms with Crippen molar-refractivity contribution in [2.45, 2.75) is 52.1 Å². The summed E-state index contributed by atoms with van der Waals surface area (Å²) in [6.45, 7) is 4.89. The lowest BCUT2D eigenvalue weighted by molar-refractivity contribution is -0.204.